The van der Waals surface area contributed by atoms with Gasteiger partial charge in [-0.3, -0.25) is 4.79 Å². The lowest BCUT2D eigenvalue weighted by Gasteiger charge is -2.33. The zero-order valence-corrected chi connectivity index (χ0v) is 16.1. The maximum atomic E-state index is 12.4. The standard InChI is InChI=1S/C21H23N3O2S/c1-26-16-8-6-7-15(13-16)22-19(25)14-27-20-17-9-2-3-10-18(17)23-21(24-20)11-4-5-12-21/h2-3,6-10,13,23H,4-5,11-12,14H2,1H3,(H,22,25). The maximum Gasteiger partial charge on any atom is 0.234 e. The first-order valence-corrected chi connectivity index (χ1v) is 10.2. The topological polar surface area (TPSA) is 62.7 Å². The van der Waals surface area contributed by atoms with E-state index in [1.54, 1.807) is 7.11 Å². The normalized spacial score (nSPS) is 17.0. The van der Waals surface area contributed by atoms with Gasteiger partial charge in [-0.2, -0.15) is 0 Å². The van der Waals surface area contributed by atoms with E-state index in [2.05, 4.69) is 22.8 Å². The molecule has 27 heavy (non-hydrogen) atoms. The fraction of sp³-hybridized carbons (Fsp3) is 0.333. The average molecular weight is 382 g/mol. The highest BCUT2D eigenvalue weighted by molar-refractivity contribution is 8.15. The van der Waals surface area contributed by atoms with Gasteiger partial charge in [-0.25, -0.2) is 4.99 Å². The van der Waals surface area contributed by atoms with E-state index in [0.717, 1.165) is 40.6 Å². The molecule has 5 nitrogen and oxygen atoms in total. The SMILES string of the molecule is COc1cccc(NC(=O)CSC2=NC3(CCCC3)Nc3ccccc32)c1. The van der Waals surface area contributed by atoms with E-state index in [4.69, 9.17) is 9.73 Å². The predicted molar refractivity (Wildman–Crippen MR) is 112 cm³/mol. The number of hydrogen-bond acceptors (Lipinski definition) is 5. The van der Waals surface area contributed by atoms with Crippen molar-refractivity contribution < 1.29 is 9.53 Å². The third-order valence-corrected chi connectivity index (χ3v) is 5.96. The van der Waals surface area contributed by atoms with Crippen LogP contribution in [0.3, 0.4) is 0 Å². The van der Waals surface area contributed by atoms with Gasteiger partial charge in [0.15, 0.2) is 0 Å². The molecular formula is C21H23N3O2S. The zero-order valence-electron chi connectivity index (χ0n) is 15.3. The van der Waals surface area contributed by atoms with Crippen molar-refractivity contribution in [3.63, 3.8) is 0 Å². The van der Waals surface area contributed by atoms with Crippen molar-refractivity contribution in [2.45, 2.75) is 31.3 Å². The molecule has 140 valence electrons. The van der Waals surface area contributed by atoms with Gasteiger partial charge < -0.3 is 15.4 Å². The Balaban J connectivity index is 1.47. The molecule has 0 bridgehead atoms. The number of rotatable bonds is 4. The summed E-state index contributed by atoms with van der Waals surface area (Å²) < 4.78 is 5.20. The molecule has 2 N–H and O–H groups in total. The Bertz CT molecular complexity index is 875. The van der Waals surface area contributed by atoms with E-state index in [0.29, 0.717) is 5.75 Å². The number of carbonyl (C=O) groups is 1. The van der Waals surface area contributed by atoms with Crippen molar-refractivity contribution in [3.05, 3.63) is 54.1 Å². The Morgan fingerprint density at radius 1 is 1.22 bits per heavy atom. The molecule has 1 aliphatic carbocycles. The summed E-state index contributed by atoms with van der Waals surface area (Å²) in [7, 11) is 1.61. The van der Waals surface area contributed by atoms with E-state index in [-0.39, 0.29) is 11.6 Å². The first-order chi connectivity index (χ1) is 13.2. The van der Waals surface area contributed by atoms with Crippen LogP contribution in [0.25, 0.3) is 0 Å². The number of fused-ring (bicyclic) bond motifs is 1. The monoisotopic (exact) mass is 381 g/mol. The number of benzene rings is 2. The second kappa shape index (κ2) is 7.64. The van der Waals surface area contributed by atoms with Gasteiger partial charge in [0.05, 0.1) is 12.9 Å². The molecule has 1 heterocycles. The molecule has 1 aliphatic heterocycles. The van der Waals surface area contributed by atoms with Crippen molar-refractivity contribution in [1.82, 2.24) is 0 Å². The molecule has 1 fully saturated rings. The highest BCUT2D eigenvalue weighted by Crippen LogP contribution is 2.40. The number of methoxy groups -OCH3 is 1. The van der Waals surface area contributed by atoms with Crippen LogP contribution >= 0.6 is 11.8 Å². The lowest BCUT2D eigenvalue weighted by atomic mass is 10.0. The van der Waals surface area contributed by atoms with Crippen molar-refractivity contribution >= 4 is 34.1 Å². The summed E-state index contributed by atoms with van der Waals surface area (Å²) in [6.07, 6.45) is 4.46. The van der Waals surface area contributed by atoms with Crippen molar-refractivity contribution in [2.75, 3.05) is 23.5 Å². The summed E-state index contributed by atoms with van der Waals surface area (Å²) in [5, 5.41) is 7.51. The fourth-order valence-corrected chi connectivity index (χ4v) is 4.56. The van der Waals surface area contributed by atoms with Crippen LogP contribution in [0.5, 0.6) is 5.75 Å². The molecule has 2 aliphatic rings. The van der Waals surface area contributed by atoms with Crippen molar-refractivity contribution in [1.29, 1.82) is 0 Å². The van der Waals surface area contributed by atoms with Crippen LogP contribution in [0.1, 0.15) is 31.2 Å². The molecule has 1 spiro atoms. The molecule has 2 aromatic carbocycles. The molecule has 0 saturated heterocycles. The molecule has 2 aromatic rings. The van der Waals surface area contributed by atoms with Gasteiger partial charge >= 0.3 is 0 Å². The molecule has 0 atom stereocenters. The van der Waals surface area contributed by atoms with Gasteiger partial charge in [0.2, 0.25) is 5.91 Å². The minimum absolute atomic E-state index is 0.0487. The molecule has 0 unspecified atom stereocenters. The second-order valence-electron chi connectivity index (χ2n) is 6.90. The van der Waals surface area contributed by atoms with Crippen LogP contribution < -0.4 is 15.4 Å². The zero-order chi connectivity index (χ0) is 18.7. The van der Waals surface area contributed by atoms with E-state index in [1.807, 2.05) is 36.4 Å². The lowest BCUT2D eigenvalue weighted by Crippen LogP contribution is -2.37. The molecular weight excluding hydrogens is 358 g/mol. The summed E-state index contributed by atoms with van der Waals surface area (Å²) >= 11 is 1.50. The first-order valence-electron chi connectivity index (χ1n) is 9.22. The quantitative estimate of drug-likeness (QED) is 0.818. The first kappa shape index (κ1) is 17.9. The summed E-state index contributed by atoms with van der Waals surface area (Å²) in [4.78, 5) is 17.5. The highest BCUT2D eigenvalue weighted by atomic mass is 32.2. The van der Waals surface area contributed by atoms with Crippen LogP contribution in [0, 0.1) is 0 Å². The number of ether oxygens (including phenoxy) is 1. The third-order valence-electron chi connectivity index (χ3n) is 4.96. The number of thioether (sulfide) groups is 1. The van der Waals surface area contributed by atoms with E-state index in [1.165, 1.54) is 24.6 Å². The van der Waals surface area contributed by atoms with E-state index < -0.39 is 0 Å². The number of para-hydroxylation sites is 1. The largest absolute Gasteiger partial charge is 0.497 e. The van der Waals surface area contributed by atoms with Gasteiger partial charge in [-0.1, -0.05) is 36.0 Å². The highest BCUT2D eigenvalue weighted by Gasteiger charge is 2.37. The number of aliphatic imine (C=N–C) groups is 1. The number of amides is 1. The van der Waals surface area contributed by atoms with Crippen LogP contribution in [0.4, 0.5) is 11.4 Å². The Morgan fingerprint density at radius 2 is 2.04 bits per heavy atom. The van der Waals surface area contributed by atoms with Gasteiger partial charge in [-0.05, 0) is 43.9 Å². The smallest absolute Gasteiger partial charge is 0.234 e. The van der Waals surface area contributed by atoms with Crippen LogP contribution in [-0.4, -0.2) is 29.5 Å². The van der Waals surface area contributed by atoms with Crippen LogP contribution in [-0.2, 0) is 4.79 Å². The van der Waals surface area contributed by atoms with Crippen LogP contribution in [0.15, 0.2) is 53.5 Å². The average Bonchev–Trinajstić information content (AvgIpc) is 3.13. The summed E-state index contributed by atoms with van der Waals surface area (Å²) in [5.74, 6) is 0.994. The van der Waals surface area contributed by atoms with Gasteiger partial charge in [0.25, 0.3) is 0 Å². The maximum absolute atomic E-state index is 12.4. The number of anilines is 2. The van der Waals surface area contributed by atoms with E-state index >= 15 is 0 Å². The summed E-state index contributed by atoms with van der Waals surface area (Å²) in [6, 6.07) is 15.6. The fourth-order valence-electron chi connectivity index (χ4n) is 3.65. The number of nitrogens with one attached hydrogen (secondary N) is 2. The third kappa shape index (κ3) is 3.95. The summed E-state index contributed by atoms with van der Waals surface area (Å²) in [6.45, 7) is 0. The predicted octanol–water partition coefficient (Wildman–Crippen LogP) is 4.51. The lowest BCUT2D eigenvalue weighted by molar-refractivity contribution is -0.113. The van der Waals surface area contributed by atoms with Crippen molar-refractivity contribution in [2.24, 2.45) is 4.99 Å². The molecule has 4 rings (SSSR count). The molecule has 1 saturated carbocycles. The Morgan fingerprint density at radius 3 is 2.85 bits per heavy atom. The van der Waals surface area contributed by atoms with Gasteiger partial charge in [-0.15, -0.1) is 0 Å². The van der Waals surface area contributed by atoms with Gasteiger partial charge in [0, 0.05) is 23.0 Å². The number of nitrogens with zero attached hydrogens (tertiary/aromatic N) is 1. The number of hydrogen-bond donors (Lipinski definition) is 2. The second-order valence-corrected chi connectivity index (χ2v) is 7.86. The molecule has 0 aromatic heterocycles. The number of carbonyl (C=O) groups excluding carboxylic acids is 1. The Kier molecular flexibility index (Phi) is 5.07. The Hall–Kier alpha value is -2.47. The molecule has 0 radical (unpaired) electrons. The molecule has 6 heteroatoms. The minimum atomic E-state index is -0.194. The van der Waals surface area contributed by atoms with Crippen molar-refractivity contribution in [3.8, 4) is 5.75 Å². The molecule has 1 amide bonds. The Labute approximate surface area is 163 Å². The summed E-state index contributed by atoms with van der Waals surface area (Å²) in [5.41, 5.74) is 2.74. The minimum Gasteiger partial charge on any atom is -0.497 e. The van der Waals surface area contributed by atoms with Gasteiger partial charge in [0.1, 0.15) is 16.5 Å². The van der Waals surface area contributed by atoms with E-state index in [9.17, 15) is 4.79 Å². The van der Waals surface area contributed by atoms with Crippen LogP contribution in [0.2, 0.25) is 0 Å².